The van der Waals surface area contributed by atoms with E-state index in [1.54, 1.807) is 0 Å². The average Bonchev–Trinajstić information content (AvgIpc) is 2.35. The molecule has 0 aromatic heterocycles. The van der Waals surface area contributed by atoms with Gasteiger partial charge in [-0.15, -0.1) is 0 Å². The van der Waals surface area contributed by atoms with Crippen LogP contribution < -0.4 is 0 Å². The molecule has 0 saturated carbocycles. The number of hydrogen-bond donors (Lipinski definition) is 0. The zero-order valence-electron chi connectivity index (χ0n) is 10.4. The Morgan fingerprint density at radius 2 is 2.00 bits per heavy atom. The third-order valence-corrected chi connectivity index (χ3v) is 2.55. The molecule has 3 nitrogen and oxygen atoms in total. The molecule has 0 N–H and O–H groups in total. The van der Waals surface area contributed by atoms with E-state index in [-0.39, 0.29) is 0 Å². The highest BCUT2D eigenvalue weighted by Crippen LogP contribution is 1.99. The van der Waals surface area contributed by atoms with Gasteiger partial charge in [0.1, 0.15) is 0 Å². The van der Waals surface area contributed by atoms with Crippen molar-refractivity contribution in [2.24, 2.45) is 0 Å². The van der Waals surface area contributed by atoms with E-state index >= 15 is 0 Å². The van der Waals surface area contributed by atoms with Crippen LogP contribution in [0.5, 0.6) is 0 Å². The van der Waals surface area contributed by atoms with E-state index in [4.69, 9.17) is 10.00 Å². The molecule has 0 aliphatic heterocycles. The SMILES string of the molecule is CN(CC#N)CCCOCCc1ccccc1. The maximum atomic E-state index is 8.48. The van der Waals surface area contributed by atoms with Crippen LogP contribution >= 0.6 is 0 Å². The molecular weight excluding hydrogens is 212 g/mol. The van der Waals surface area contributed by atoms with E-state index in [0.717, 1.165) is 32.6 Å². The summed E-state index contributed by atoms with van der Waals surface area (Å²) in [6, 6.07) is 12.5. The van der Waals surface area contributed by atoms with Gasteiger partial charge >= 0.3 is 0 Å². The molecule has 1 aromatic carbocycles. The summed E-state index contributed by atoms with van der Waals surface area (Å²) in [5.41, 5.74) is 1.31. The first-order valence-electron chi connectivity index (χ1n) is 6.00. The second-order valence-corrected chi connectivity index (χ2v) is 4.10. The van der Waals surface area contributed by atoms with Crippen molar-refractivity contribution in [2.75, 3.05) is 33.4 Å². The first-order valence-corrected chi connectivity index (χ1v) is 6.00. The van der Waals surface area contributed by atoms with Crippen LogP contribution in [0.2, 0.25) is 0 Å². The van der Waals surface area contributed by atoms with Crippen LogP contribution in [-0.4, -0.2) is 38.3 Å². The number of ether oxygens (including phenoxy) is 1. The fourth-order valence-corrected chi connectivity index (χ4v) is 1.57. The monoisotopic (exact) mass is 232 g/mol. The van der Waals surface area contributed by atoms with E-state index in [0.29, 0.717) is 6.54 Å². The van der Waals surface area contributed by atoms with Gasteiger partial charge in [-0.25, -0.2) is 0 Å². The minimum absolute atomic E-state index is 0.490. The van der Waals surface area contributed by atoms with Crippen molar-refractivity contribution in [2.45, 2.75) is 12.8 Å². The second kappa shape index (κ2) is 8.74. The van der Waals surface area contributed by atoms with Crippen LogP contribution in [0.25, 0.3) is 0 Å². The molecule has 0 aliphatic carbocycles. The number of rotatable bonds is 8. The molecule has 17 heavy (non-hydrogen) atoms. The summed E-state index contributed by atoms with van der Waals surface area (Å²) < 4.78 is 5.56. The number of nitriles is 1. The first-order chi connectivity index (χ1) is 8.33. The molecule has 0 heterocycles. The lowest BCUT2D eigenvalue weighted by atomic mass is 10.2. The Morgan fingerprint density at radius 3 is 2.71 bits per heavy atom. The first kappa shape index (κ1) is 13.7. The summed E-state index contributed by atoms with van der Waals surface area (Å²) in [5, 5.41) is 8.48. The summed E-state index contributed by atoms with van der Waals surface area (Å²) >= 11 is 0. The molecule has 0 aliphatic rings. The molecule has 0 unspecified atom stereocenters. The van der Waals surface area contributed by atoms with E-state index < -0.39 is 0 Å². The van der Waals surface area contributed by atoms with Crippen LogP contribution in [0.15, 0.2) is 30.3 Å². The van der Waals surface area contributed by atoms with Crippen molar-refractivity contribution >= 4 is 0 Å². The largest absolute Gasteiger partial charge is 0.381 e. The predicted octanol–water partition coefficient (Wildman–Crippen LogP) is 2.09. The molecule has 1 aromatic rings. The number of benzene rings is 1. The lowest BCUT2D eigenvalue weighted by Crippen LogP contribution is -2.21. The molecule has 0 bridgehead atoms. The predicted molar refractivity (Wildman–Crippen MR) is 68.7 cm³/mol. The Labute approximate surface area is 104 Å². The van der Waals surface area contributed by atoms with E-state index in [2.05, 4.69) is 18.2 Å². The molecule has 0 fully saturated rings. The fourth-order valence-electron chi connectivity index (χ4n) is 1.57. The highest BCUT2D eigenvalue weighted by molar-refractivity contribution is 5.14. The van der Waals surface area contributed by atoms with Crippen LogP contribution in [0.3, 0.4) is 0 Å². The van der Waals surface area contributed by atoms with Gasteiger partial charge in [-0.3, -0.25) is 4.90 Å². The molecule has 3 heteroatoms. The molecule has 0 radical (unpaired) electrons. The average molecular weight is 232 g/mol. The zero-order valence-corrected chi connectivity index (χ0v) is 10.4. The lowest BCUT2D eigenvalue weighted by Gasteiger charge is -2.11. The van der Waals surface area contributed by atoms with Crippen LogP contribution in [0.4, 0.5) is 0 Å². The summed E-state index contributed by atoms with van der Waals surface area (Å²) in [6.07, 6.45) is 1.95. The summed E-state index contributed by atoms with van der Waals surface area (Å²) in [6.45, 7) is 2.94. The smallest absolute Gasteiger partial charge is 0.0863 e. The molecule has 0 atom stereocenters. The van der Waals surface area contributed by atoms with Gasteiger partial charge < -0.3 is 4.74 Å². The quantitative estimate of drug-likeness (QED) is 0.508. The van der Waals surface area contributed by atoms with Crippen molar-refractivity contribution in [1.82, 2.24) is 4.90 Å². The van der Waals surface area contributed by atoms with Crippen LogP contribution in [0, 0.1) is 11.3 Å². The second-order valence-electron chi connectivity index (χ2n) is 4.10. The van der Waals surface area contributed by atoms with Crippen LogP contribution in [0.1, 0.15) is 12.0 Å². The van der Waals surface area contributed by atoms with Crippen molar-refractivity contribution in [1.29, 1.82) is 5.26 Å². The third kappa shape index (κ3) is 6.72. The maximum absolute atomic E-state index is 8.48. The molecule has 0 saturated heterocycles. The molecule has 0 amide bonds. The molecule has 92 valence electrons. The summed E-state index contributed by atoms with van der Waals surface area (Å²) in [4.78, 5) is 2.00. The summed E-state index contributed by atoms with van der Waals surface area (Å²) in [5.74, 6) is 0. The maximum Gasteiger partial charge on any atom is 0.0863 e. The topological polar surface area (TPSA) is 36.3 Å². The van der Waals surface area contributed by atoms with E-state index in [9.17, 15) is 0 Å². The van der Waals surface area contributed by atoms with Gasteiger partial charge in [-0.2, -0.15) is 5.26 Å². The number of hydrogen-bond acceptors (Lipinski definition) is 3. The molecule has 1 rings (SSSR count). The van der Waals surface area contributed by atoms with E-state index in [1.807, 2.05) is 30.1 Å². The Kier molecular flexibility index (Phi) is 7.04. The minimum atomic E-state index is 0.490. The highest BCUT2D eigenvalue weighted by Gasteiger charge is 1.96. The van der Waals surface area contributed by atoms with Crippen molar-refractivity contribution in [3.8, 4) is 6.07 Å². The Bertz CT molecular complexity index is 332. The summed E-state index contributed by atoms with van der Waals surface area (Å²) in [7, 11) is 1.95. The van der Waals surface area contributed by atoms with Gasteiger partial charge in [0, 0.05) is 13.2 Å². The van der Waals surface area contributed by atoms with Gasteiger partial charge in [0.2, 0.25) is 0 Å². The Morgan fingerprint density at radius 1 is 1.24 bits per heavy atom. The minimum Gasteiger partial charge on any atom is -0.381 e. The van der Waals surface area contributed by atoms with Gasteiger partial charge in [-0.1, -0.05) is 30.3 Å². The van der Waals surface area contributed by atoms with Crippen LogP contribution in [-0.2, 0) is 11.2 Å². The lowest BCUT2D eigenvalue weighted by molar-refractivity contribution is 0.127. The normalized spacial score (nSPS) is 10.4. The van der Waals surface area contributed by atoms with Crippen molar-refractivity contribution < 1.29 is 4.74 Å². The molecule has 0 spiro atoms. The third-order valence-electron chi connectivity index (χ3n) is 2.55. The van der Waals surface area contributed by atoms with Crippen molar-refractivity contribution in [3.05, 3.63) is 35.9 Å². The fraction of sp³-hybridized carbons (Fsp3) is 0.500. The zero-order chi connectivity index (χ0) is 12.3. The van der Waals surface area contributed by atoms with Gasteiger partial charge in [0.25, 0.3) is 0 Å². The number of nitrogens with zero attached hydrogens (tertiary/aromatic N) is 2. The van der Waals surface area contributed by atoms with Gasteiger partial charge in [0.05, 0.1) is 19.2 Å². The molecular formula is C14H20N2O. The van der Waals surface area contributed by atoms with Gasteiger partial charge in [-0.05, 0) is 25.5 Å². The Balaban J connectivity index is 1.97. The highest BCUT2D eigenvalue weighted by atomic mass is 16.5. The van der Waals surface area contributed by atoms with Crippen molar-refractivity contribution in [3.63, 3.8) is 0 Å². The Hall–Kier alpha value is -1.37. The van der Waals surface area contributed by atoms with Gasteiger partial charge in [0.15, 0.2) is 0 Å². The van der Waals surface area contributed by atoms with E-state index in [1.165, 1.54) is 5.56 Å². The standard InChI is InChI=1S/C14H20N2O/c1-16(11-9-15)10-5-12-17-13-8-14-6-3-2-4-7-14/h2-4,6-7H,5,8,10-13H2,1H3.